The smallest absolute Gasteiger partial charge is 0.319 e. The molecule has 9 heteroatoms. The first-order valence-electron chi connectivity index (χ1n) is 10.6. The van der Waals surface area contributed by atoms with Gasteiger partial charge in [-0.2, -0.15) is 0 Å². The molecule has 32 heavy (non-hydrogen) atoms. The highest BCUT2D eigenvalue weighted by Gasteiger charge is 2.25. The fraction of sp³-hybridized carbons (Fsp3) is 0.435. The van der Waals surface area contributed by atoms with E-state index in [1.54, 1.807) is 43.6 Å². The Morgan fingerprint density at radius 3 is 2.47 bits per heavy atom. The van der Waals surface area contributed by atoms with Crippen molar-refractivity contribution in [2.75, 3.05) is 12.4 Å². The van der Waals surface area contributed by atoms with Crippen LogP contribution in [0.1, 0.15) is 55.6 Å². The van der Waals surface area contributed by atoms with E-state index in [1.807, 2.05) is 0 Å². The number of benzene rings is 1. The van der Waals surface area contributed by atoms with Gasteiger partial charge >= 0.3 is 6.03 Å². The summed E-state index contributed by atoms with van der Waals surface area (Å²) in [7, 11) is 1.55. The molecule has 3 N–H and O–H groups in total. The van der Waals surface area contributed by atoms with E-state index >= 15 is 0 Å². The van der Waals surface area contributed by atoms with Crippen LogP contribution >= 0.6 is 11.6 Å². The molecule has 0 atom stereocenters. The summed E-state index contributed by atoms with van der Waals surface area (Å²) in [4.78, 5) is 28.0. The minimum atomic E-state index is -1.61. The Bertz CT molecular complexity index is 955. The van der Waals surface area contributed by atoms with E-state index in [1.165, 1.54) is 13.8 Å². The Balaban J connectivity index is 1.47. The Labute approximate surface area is 192 Å². The third-order valence-electron chi connectivity index (χ3n) is 5.37. The average molecular weight is 463 g/mol. The summed E-state index contributed by atoms with van der Waals surface area (Å²) in [6, 6.07) is 7.81. The molecule has 1 heterocycles. The number of ether oxygens (including phenoxy) is 1. The zero-order chi connectivity index (χ0) is 23.3. The van der Waals surface area contributed by atoms with Crippen LogP contribution < -0.4 is 20.7 Å². The molecule has 1 aliphatic carbocycles. The highest BCUT2D eigenvalue weighted by molar-refractivity contribution is 6.31. The third-order valence-corrected chi connectivity index (χ3v) is 5.70. The van der Waals surface area contributed by atoms with Gasteiger partial charge < -0.3 is 20.7 Å². The lowest BCUT2D eigenvalue weighted by Gasteiger charge is -2.29. The number of amides is 3. The van der Waals surface area contributed by atoms with Crippen molar-refractivity contribution < 1.29 is 18.7 Å². The number of urea groups is 1. The molecule has 0 saturated heterocycles. The number of hydrogen-bond donors (Lipinski definition) is 3. The maximum absolute atomic E-state index is 14.3. The summed E-state index contributed by atoms with van der Waals surface area (Å²) in [6.07, 6.45) is 4.67. The van der Waals surface area contributed by atoms with E-state index in [0.29, 0.717) is 27.7 Å². The van der Waals surface area contributed by atoms with Gasteiger partial charge in [0.05, 0.1) is 12.3 Å². The van der Waals surface area contributed by atoms with Crippen molar-refractivity contribution in [3.8, 4) is 5.75 Å². The first kappa shape index (κ1) is 23.8. The number of carbonyl (C=O) groups excluding carboxylic acids is 2. The summed E-state index contributed by atoms with van der Waals surface area (Å²) in [6.45, 7) is 2.84. The maximum Gasteiger partial charge on any atom is 0.319 e. The Morgan fingerprint density at radius 2 is 1.88 bits per heavy atom. The van der Waals surface area contributed by atoms with E-state index in [4.69, 9.17) is 16.3 Å². The fourth-order valence-corrected chi connectivity index (χ4v) is 3.98. The molecule has 1 saturated carbocycles. The zero-order valence-corrected chi connectivity index (χ0v) is 19.1. The van der Waals surface area contributed by atoms with Gasteiger partial charge in [0, 0.05) is 29.4 Å². The van der Waals surface area contributed by atoms with Crippen molar-refractivity contribution in [2.45, 2.75) is 57.3 Å². The topological polar surface area (TPSA) is 92.4 Å². The van der Waals surface area contributed by atoms with Crippen molar-refractivity contribution in [3.05, 3.63) is 52.8 Å². The maximum atomic E-state index is 14.3. The summed E-state index contributed by atoms with van der Waals surface area (Å²) in [5.74, 6) is 0.366. The Kier molecular flexibility index (Phi) is 7.56. The molecule has 3 amide bonds. The van der Waals surface area contributed by atoms with Crippen LogP contribution in [0.25, 0.3) is 0 Å². The van der Waals surface area contributed by atoms with E-state index in [2.05, 4.69) is 20.9 Å². The van der Waals surface area contributed by atoms with E-state index in [0.717, 1.165) is 25.7 Å². The SMILES string of the molecule is CNC(=O)c1ccc(OC2CCC(NC(=O)Nc3ccc(Cl)c(C(C)(C)F)c3)CC2)cn1. The standard InChI is InChI=1S/C23H28ClFN4O3/c1-23(2,25)18-12-15(6-10-19(18)24)29-22(31)28-14-4-7-16(8-5-14)32-17-9-11-20(27-13-17)21(30)26-3/h6,9-14,16H,4-5,7-8H2,1-3H3,(H,26,30)(H2,28,29,31). The highest BCUT2D eigenvalue weighted by Crippen LogP contribution is 2.33. The largest absolute Gasteiger partial charge is 0.489 e. The van der Waals surface area contributed by atoms with Crippen molar-refractivity contribution in [2.24, 2.45) is 0 Å². The van der Waals surface area contributed by atoms with Gasteiger partial charge in [0.25, 0.3) is 5.91 Å². The van der Waals surface area contributed by atoms with E-state index in [-0.39, 0.29) is 24.1 Å². The predicted octanol–water partition coefficient (Wildman–Crippen LogP) is 4.81. The number of alkyl halides is 1. The molecular weight excluding hydrogens is 435 g/mol. The normalized spacial score (nSPS) is 18.5. The Morgan fingerprint density at radius 1 is 1.16 bits per heavy atom. The molecule has 7 nitrogen and oxygen atoms in total. The molecule has 1 fully saturated rings. The number of nitrogens with zero attached hydrogens (tertiary/aromatic N) is 1. The summed E-state index contributed by atoms with van der Waals surface area (Å²) < 4.78 is 20.2. The van der Waals surface area contributed by atoms with Gasteiger partial charge in [0.2, 0.25) is 0 Å². The van der Waals surface area contributed by atoms with Gasteiger partial charge in [0.15, 0.2) is 0 Å². The van der Waals surface area contributed by atoms with E-state index < -0.39 is 5.67 Å². The summed E-state index contributed by atoms with van der Waals surface area (Å²) in [5, 5.41) is 8.56. The van der Waals surface area contributed by atoms with Crippen molar-refractivity contribution >= 4 is 29.2 Å². The molecule has 1 aromatic carbocycles. The number of halogens is 2. The second-order valence-electron chi connectivity index (χ2n) is 8.32. The first-order valence-corrected chi connectivity index (χ1v) is 10.9. The van der Waals surface area contributed by atoms with Crippen molar-refractivity contribution in [3.63, 3.8) is 0 Å². The molecule has 3 rings (SSSR count). The summed E-state index contributed by atoms with van der Waals surface area (Å²) >= 11 is 6.07. The molecule has 172 valence electrons. The number of nitrogens with one attached hydrogen (secondary N) is 3. The average Bonchev–Trinajstić information content (AvgIpc) is 2.75. The second kappa shape index (κ2) is 10.2. The predicted molar refractivity (Wildman–Crippen MR) is 122 cm³/mol. The first-order chi connectivity index (χ1) is 15.2. The lowest BCUT2D eigenvalue weighted by Crippen LogP contribution is -2.41. The third kappa shape index (κ3) is 6.32. The lowest BCUT2D eigenvalue weighted by atomic mass is 9.93. The monoisotopic (exact) mass is 462 g/mol. The van der Waals surface area contributed by atoms with Crippen LogP contribution in [0.15, 0.2) is 36.5 Å². The van der Waals surface area contributed by atoms with Gasteiger partial charge in [-0.3, -0.25) is 4.79 Å². The number of carbonyl (C=O) groups is 2. The molecule has 2 aromatic rings. The quantitative estimate of drug-likeness (QED) is 0.574. The summed E-state index contributed by atoms with van der Waals surface area (Å²) in [5.41, 5.74) is -0.464. The van der Waals surface area contributed by atoms with Crippen LogP contribution in [0.2, 0.25) is 5.02 Å². The van der Waals surface area contributed by atoms with Crippen LogP contribution in [0.3, 0.4) is 0 Å². The van der Waals surface area contributed by atoms with Crippen molar-refractivity contribution in [1.82, 2.24) is 15.6 Å². The molecular formula is C23H28ClFN4O3. The highest BCUT2D eigenvalue weighted by atomic mass is 35.5. The minimum Gasteiger partial charge on any atom is -0.489 e. The van der Waals surface area contributed by atoms with Crippen LogP contribution in [0.5, 0.6) is 5.75 Å². The zero-order valence-electron chi connectivity index (χ0n) is 18.4. The van der Waals surface area contributed by atoms with Gasteiger partial charge in [0.1, 0.15) is 17.1 Å². The molecule has 0 spiro atoms. The molecule has 0 aliphatic heterocycles. The number of aromatic nitrogens is 1. The lowest BCUT2D eigenvalue weighted by molar-refractivity contribution is 0.0957. The fourth-order valence-electron chi connectivity index (χ4n) is 3.64. The van der Waals surface area contributed by atoms with Gasteiger partial charge in [-0.1, -0.05) is 11.6 Å². The molecule has 1 aromatic heterocycles. The van der Waals surface area contributed by atoms with Crippen LogP contribution in [-0.4, -0.2) is 36.1 Å². The van der Waals surface area contributed by atoms with Gasteiger partial charge in [-0.15, -0.1) is 0 Å². The molecule has 0 unspecified atom stereocenters. The van der Waals surface area contributed by atoms with Crippen molar-refractivity contribution in [1.29, 1.82) is 0 Å². The second-order valence-corrected chi connectivity index (χ2v) is 8.72. The number of anilines is 1. The Hall–Kier alpha value is -2.87. The van der Waals surface area contributed by atoms with Crippen LogP contribution in [0, 0.1) is 0 Å². The number of rotatable bonds is 6. The molecule has 1 aliphatic rings. The minimum absolute atomic E-state index is 0.0213. The van der Waals surface area contributed by atoms with Gasteiger partial charge in [-0.05, 0) is 69.9 Å². The number of pyridine rings is 1. The van der Waals surface area contributed by atoms with E-state index in [9.17, 15) is 14.0 Å². The number of hydrogen-bond acceptors (Lipinski definition) is 4. The van der Waals surface area contributed by atoms with Gasteiger partial charge in [-0.25, -0.2) is 14.2 Å². The van der Waals surface area contributed by atoms with Crippen LogP contribution in [-0.2, 0) is 5.67 Å². The molecule has 0 bridgehead atoms. The van der Waals surface area contributed by atoms with Crippen LogP contribution in [0.4, 0.5) is 14.9 Å². The molecule has 0 radical (unpaired) electrons.